The van der Waals surface area contributed by atoms with E-state index in [0.717, 1.165) is 27.9 Å². The fraction of sp³-hybridized carbons (Fsp3) is 0.364. The highest BCUT2D eigenvalue weighted by atomic mass is 28.4. The zero-order valence-electron chi connectivity index (χ0n) is 31.7. The predicted octanol–water partition coefficient (Wildman–Crippen LogP) is 7.89. The van der Waals surface area contributed by atoms with Crippen LogP contribution in [0.5, 0.6) is 0 Å². The number of hydrogen-bond acceptors (Lipinski definition) is 5. The van der Waals surface area contributed by atoms with Crippen LogP contribution < -0.4 is 15.7 Å². The van der Waals surface area contributed by atoms with Crippen molar-refractivity contribution in [2.45, 2.75) is 84.1 Å². The van der Waals surface area contributed by atoms with Gasteiger partial charge in [0.1, 0.15) is 17.4 Å². The van der Waals surface area contributed by atoms with Gasteiger partial charge in [-0.25, -0.2) is 4.79 Å². The van der Waals surface area contributed by atoms with Crippen LogP contribution in [-0.4, -0.2) is 62.7 Å². The highest BCUT2D eigenvalue weighted by Crippen LogP contribution is 2.39. The minimum absolute atomic E-state index is 0.164. The summed E-state index contributed by atoms with van der Waals surface area (Å²) in [5, 5.41) is 4.86. The largest absolute Gasteiger partial charge is 0.535 e. The molecule has 0 bridgehead atoms. The molecular weight excluding hydrogens is 665 g/mol. The van der Waals surface area contributed by atoms with Crippen molar-refractivity contribution in [2.75, 3.05) is 19.7 Å². The molecule has 0 spiro atoms. The molecule has 52 heavy (non-hydrogen) atoms. The average molecular weight is 719 g/mol. The van der Waals surface area contributed by atoms with E-state index in [1.807, 2.05) is 86.3 Å². The van der Waals surface area contributed by atoms with E-state index in [4.69, 9.17) is 13.9 Å². The summed E-state index contributed by atoms with van der Waals surface area (Å²) in [6.45, 7) is 15.3. The van der Waals surface area contributed by atoms with E-state index in [-0.39, 0.29) is 17.6 Å². The predicted molar refractivity (Wildman–Crippen MR) is 212 cm³/mol. The van der Waals surface area contributed by atoms with Crippen LogP contribution in [0.3, 0.4) is 0 Å². The minimum atomic E-state index is -3.11. The summed E-state index contributed by atoms with van der Waals surface area (Å²) < 4.78 is 19.4. The molecule has 274 valence electrons. The summed E-state index contributed by atoms with van der Waals surface area (Å²) in [7, 11) is -3.11. The molecule has 0 aliphatic carbocycles. The monoisotopic (exact) mass is 718 g/mol. The number of nitrogens with zero attached hydrogens (tertiary/aromatic N) is 1. The van der Waals surface area contributed by atoms with E-state index in [0.29, 0.717) is 25.3 Å². The molecule has 1 N–H and O–H groups in total. The Morgan fingerprint density at radius 3 is 1.83 bits per heavy atom. The second-order valence-corrected chi connectivity index (χ2v) is 19.6. The minimum Gasteiger partial charge on any atom is -0.535 e. The Kier molecular flexibility index (Phi) is 12.4. The maximum absolute atomic E-state index is 14.6. The van der Waals surface area contributed by atoms with E-state index in [1.165, 1.54) is 5.56 Å². The molecule has 1 aliphatic heterocycles. The van der Waals surface area contributed by atoms with E-state index in [9.17, 15) is 9.59 Å². The van der Waals surface area contributed by atoms with Gasteiger partial charge in [0.25, 0.3) is 5.91 Å². The molecule has 2 atom stereocenters. The molecule has 4 aromatic rings. The molecule has 0 aromatic heterocycles. The Morgan fingerprint density at radius 1 is 0.769 bits per heavy atom. The molecule has 0 fully saturated rings. The third-order valence-electron chi connectivity index (χ3n) is 9.31. The van der Waals surface area contributed by atoms with Crippen molar-refractivity contribution in [3.8, 4) is 11.1 Å². The molecule has 0 unspecified atom stereocenters. The quantitative estimate of drug-likeness (QED) is 0.151. The van der Waals surface area contributed by atoms with Crippen LogP contribution in [0.4, 0.5) is 4.79 Å². The Hall–Kier alpha value is -4.66. The molecule has 1 heterocycles. The second-order valence-electron chi connectivity index (χ2n) is 15.4. The third-order valence-corrected chi connectivity index (χ3v) is 14.3. The number of hydrogen-bond donors (Lipinski definition) is 1. The molecular formula is C44H54N2O5Si. The Bertz CT molecular complexity index is 1740. The van der Waals surface area contributed by atoms with Crippen LogP contribution in [0.25, 0.3) is 11.1 Å². The first-order valence-corrected chi connectivity index (χ1v) is 20.3. The van der Waals surface area contributed by atoms with Gasteiger partial charge >= 0.3 is 14.4 Å². The molecule has 4 aromatic carbocycles. The molecule has 2 amide bonds. The number of rotatable bonds is 12. The maximum atomic E-state index is 14.6. The topological polar surface area (TPSA) is 77.1 Å². The van der Waals surface area contributed by atoms with Gasteiger partial charge in [0.05, 0.1) is 6.61 Å². The molecule has 7 nitrogen and oxygen atoms in total. The van der Waals surface area contributed by atoms with Gasteiger partial charge in [-0.05, 0) is 71.8 Å². The average Bonchev–Trinajstić information content (AvgIpc) is 3.12. The number of amides is 2. The van der Waals surface area contributed by atoms with Crippen molar-refractivity contribution in [2.24, 2.45) is 0 Å². The van der Waals surface area contributed by atoms with Crippen LogP contribution in [0.1, 0.15) is 60.5 Å². The molecule has 8 heteroatoms. The van der Waals surface area contributed by atoms with Gasteiger partial charge in [0.2, 0.25) is 0 Å². The van der Waals surface area contributed by atoms with Gasteiger partial charge in [-0.1, -0.05) is 143 Å². The van der Waals surface area contributed by atoms with Crippen molar-refractivity contribution < 1.29 is 23.5 Å². The van der Waals surface area contributed by atoms with Crippen LogP contribution in [0, 0.1) is 0 Å². The molecule has 0 radical (unpaired) electrons. The molecule has 0 saturated carbocycles. The summed E-state index contributed by atoms with van der Waals surface area (Å²) in [4.78, 5) is 30.0. The molecule has 0 saturated heterocycles. The van der Waals surface area contributed by atoms with E-state index < -0.39 is 32.2 Å². The first kappa shape index (κ1) is 38.6. The van der Waals surface area contributed by atoms with Crippen molar-refractivity contribution >= 4 is 30.7 Å². The highest BCUT2D eigenvalue weighted by Gasteiger charge is 2.54. The molecule has 1 aliphatic rings. The lowest BCUT2D eigenvalue weighted by atomic mass is 10.0. The lowest BCUT2D eigenvalue weighted by Gasteiger charge is -2.46. The van der Waals surface area contributed by atoms with E-state index in [2.05, 4.69) is 93.7 Å². The summed E-state index contributed by atoms with van der Waals surface area (Å²) in [6, 6.07) is 38.5. The summed E-state index contributed by atoms with van der Waals surface area (Å²) >= 11 is 0. The first-order chi connectivity index (χ1) is 24.8. The Labute approximate surface area is 311 Å². The number of carbonyl (C=O) groups excluding carboxylic acids is 2. The van der Waals surface area contributed by atoms with Crippen LogP contribution >= 0.6 is 0 Å². The summed E-state index contributed by atoms with van der Waals surface area (Å²) in [5.74, 6) is 0.318. The summed E-state index contributed by atoms with van der Waals surface area (Å²) in [6.07, 6.45) is 1.66. The lowest BCUT2D eigenvalue weighted by Crippen LogP contribution is -2.68. The Morgan fingerprint density at radius 2 is 1.31 bits per heavy atom. The lowest BCUT2D eigenvalue weighted by molar-refractivity contribution is -0.145. The summed E-state index contributed by atoms with van der Waals surface area (Å²) in [5.41, 5.74) is 2.71. The standard InChI is InChI=1S/C44H54N2O5Si/c1-8-30-46(31-28-33-24-26-35(27-25-33)34-18-12-9-13-19-34)41(47)40-39(45-42(48)50-43(2,3)4)38(29-32-49-40)51-52(44(5,6)7,36-20-14-10-15-21-36)37-22-16-11-17-23-37/h9-27,29,39-40H,8,28,30-32H2,1-7H3,(H,45,48)/t39-,40-/m1/s1. The number of nitrogens with one attached hydrogen (secondary N) is 1. The van der Waals surface area contributed by atoms with Crippen molar-refractivity contribution in [3.05, 3.63) is 133 Å². The van der Waals surface area contributed by atoms with Gasteiger partial charge < -0.3 is 24.1 Å². The number of ether oxygens (including phenoxy) is 2. The molecule has 5 rings (SSSR count). The Balaban J connectivity index is 1.47. The van der Waals surface area contributed by atoms with Gasteiger partial charge in [0, 0.05) is 13.1 Å². The van der Waals surface area contributed by atoms with Gasteiger partial charge in [-0.3, -0.25) is 4.79 Å². The van der Waals surface area contributed by atoms with E-state index >= 15 is 0 Å². The van der Waals surface area contributed by atoms with E-state index in [1.54, 1.807) is 0 Å². The van der Waals surface area contributed by atoms with Gasteiger partial charge in [-0.15, -0.1) is 0 Å². The van der Waals surface area contributed by atoms with Crippen LogP contribution in [0.2, 0.25) is 5.04 Å². The number of benzene rings is 4. The van der Waals surface area contributed by atoms with Crippen molar-refractivity contribution in [1.82, 2.24) is 10.2 Å². The van der Waals surface area contributed by atoms with Gasteiger partial charge in [-0.2, -0.15) is 0 Å². The first-order valence-electron chi connectivity index (χ1n) is 18.4. The highest BCUT2D eigenvalue weighted by molar-refractivity contribution is 6.99. The van der Waals surface area contributed by atoms with Crippen LogP contribution in [-0.2, 0) is 25.1 Å². The number of alkyl carbamates (subject to hydrolysis) is 1. The SMILES string of the molecule is CCCN(CCc1ccc(-c2ccccc2)cc1)C(=O)[C@@H]1OCC=C(O[Si](c2ccccc2)(c2ccccc2)C(C)(C)C)[C@H]1NC(=O)OC(C)(C)C. The van der Waals surface area contributed by atoms with Crippen molar-refractivity contribution in [3.63, 3.8) is 0 Å². The normalized spacial score (nSPS) is 16.4. The fourth-order valence-electron chi connectivity index (χ4n) is 6.87. The zero-order chi connectivity index (χ0) is 37.4. The zero-order valence-corrected chi connectivity index (χ0v) is 32.7. The fourth-order valence-corrected chi connectivity index (χ4v) is 11.4. The number of carbonyl (C=O) groups is 2. The maximum Gasteiger partial charge on any atom is 0.408 e. The van der Waals surface area contributed by atoms with Gasteiger partial charge in [0.15, 0.2) is 6.10 Å². The van der Waals surface area contributed by atoms with Crippen LogP contribution in [0.15, 0.2) is 127 Å². The third kappa shape index (κ3) is 9.22. The smallest absolute Gasteiger partial charge is 0.408 e. The van der Waals surface area contributed by atoms with Crippen molar-refractivity contribution in [1.29, 1.82) is 0 Å². The second kappa shape index (κ2) is 16.8.